The maximum Gasteiger partial charge on any atom is 0.277 e. The number of carbonyl (C=O) groups is 1. The molecular formula is C19H17N5OS2. The van der Waals surface area contributed by atoms with E-state index >= 15 is 0 Å². The van der Waals surface area contributed by atoms with Crippen LogP contribution in [0.1, 0.15) is 16.1 Å². The van der Waals surface area contributed by atoms with Gasteiger partial charge in [0, 0.05) is 11.4 Å². The fourth-order valence-corrected chi connectivity index (χ4v) is 4.06. The molecule has 0 saturated heterocycles. The third kappa shape index (κ3) is 4.07. The van der Waals surface area contributed by atoms with Crippen LogP contribution in [0.2, 0.25) is 0 Å². The van der Waals surface area contributed by atoms with Gasteiger partial charge in [-0.25, -0.2) is 0 Å². The quantitative estimate of drug-likeness (QED) is 0.480. The van der Waals surface area contributed by atoms with Crippen molar-refractivity contribution in [3.63, 3.8) is 0 Å². The molecule has 0 saturated carbocycles. The highest BCUT2D eigenvalue weighted by molar-refractivity contribution is 7.13. The van der Waals surface area contributed by atoms with E-state index in [4.69, 9.17) is 5.73 Å². The van der Waals surface area contributed by atoms with E-state index < -0.39 is 0 Å². The number of thiophene rings is 2. The average Bonchev–Trinajstić information content (AvgIpc) is 3.43. The van der Waals surface area contributed by atoms with Gasteiger partial charge in [0.25, 0.3) is 5.91 Å². The fourth-order valence-electron chi connectivity index (χ4n) is 2.64. The Hall–Kier alpha value is -2.97. The number of amides is 1. The lowest BCUT2D eigenvalue weighted by Gasteiger charge is -2.08. The Labute approximate surface area is 164 Å². The average molecular weight is 396 g/mol. The van der Waals surface area contributed by atoms with Crippen molar-refractivity contribution < 1.29 is 4.79 Å². The van der Waals surface area contributed by atoms with Crippen LogP contribution in [-0.2, 0) is 13.0 Å². The number of hydrogen-bond donors (Lipinski definition) is 2. The highest BCUT2D eigenvalue weighted by Gasteiger charge is 2.13. The SMILES string of the molecule is Nc1ccc(-c2cccs2)cc1NC(=O)c1cn(CCc2ccsc2)nn1. The van der Waals surface area contributed by atoms with Crippen molar-refractivity contribution in [2.45, 2.75) is 13.0 Å². The number of benzene rings is 1. The summed E-state index contributed by atoms with van der Waals surface area (Å²) < 4.78 is 1.68. The summed E-state index contributed by atoms with van der Waals surface area (Å²) in [7, 11) is 0. The minimum Gasteiger partial charge on any atom is -0.397 e. The summed E-state index contributed by atoms with van der Waals surface area (Å²) in [5.74, 6) is -0.327. The number of nitrogens with two attached hydrogens (primary N) is 1. The van der Waals surface area contributed by atoms with Gasteiger partial charge >= 0.3 is 0 Å². The molecule has 3 N–H and O–H groups in total. The van der Waals surface area contributed by atoms with Crippen LogP contribution in [0.5, 0.6) is 0 Å². The van der Waals surface area contributed by atoms with Crippen molar-refractivity contribution in [1.82, 2.24) is 15.0 Å². The van der Waals surface area contributed by atoms with Crippen LogP contribution in [0.25, 0.3) is 10.4 Å². The number of carbonyl (C=O) groups excluding carboxylic acids is 1. The van der Waals surface area contributed by atoms with Gasteiger partial charge in [0.2, 0.25) is 0 Å². The van der Waals surface area contributed by atoms with Crippen LogP contribution < -0.4 is 11.1 Å². The maximum atomic E-state index is 12.5. The second kappa shape index (κ2) is 7.73. The summed E-state index contributed by atoms with van der Waals surface area (Å²) in [4.78, 5) is 13.6. The molecule has 0 spiro atoms. The smallest absolute Gasteiger partial charge is 0.277 e. The molecule has 4 aromatic rings. The van der Waals surface area contributed by atoms with E-state index in [9.17, 15) is 4.79 Å². The van der Waals surface area contributed by atoms with Gasteiger partial charge in [0.1, 0.15) is 0 Å². The van der Waals surface area contributed by atoms with Crippen LogP contribution in [-0.4, -0.2) is 20.9 Å². The standard InChI is InChI=1S/C19H17N5OS2/c20-15-4-3-14(18-2-1-8-27-18)10-16(15)21-19(25)17-11-24(23-22-17)7-5-13-6-9-26-12-13/h1-4,6,8-12H,5,7,20H2,(H,21,25). The number of aromatic nitrogens is 3. The van der Waals surface area contributed by atoms with Crippen LogP contribution in [0.15, 0.2) is 58.7 Å². The topological polar surface area (TPSA) is 85.8 Å². The molecule has 3 aromatic heterocycles. The van der Waals surface area contributed by atoms with E-state index in [2.05, 4.69) is 27.1 Å². The number of anilines is 2. The van der Waals surface area contributed by atoms with Crippen molar-refractivity contribution in [3.05, 3.63) is 70.0 Å². The summed E-state index contributed by atoms with van der Waals surface area (Å²) >= 11 is 3.30. The van der Waals surface area contributed by atoms with Gasteiger partial charge in [0.05, 0.1) is 17.6 Å². The van der Waals surface area contributed by atoms with Crippen LogP contribution in [0.3, 0.4) is 0 Å². The zero-order valence-corrected chi connectivity index (χ0v) is 16.0. The number of hydrogen-bond acceptors (Lipinski definition) is 6. The third-order valence-corrected chi connectivity index (χ3v) is 5.74. The maximum absolute atomic E-state index is 12.5. The molecule has 0 unspecified atom stereocenters. The summed E-state index contributed by atoms with van der Waals surface area (Å²) in [6, 6.07) is 11.7. The van der Waals surface area contributed by atoms with Gasteiger partial charge in [-0.2, -0.15) is 11.3 Å². The summed E-state index contributed by atoms with van der Waals surface area (Å²) in [5, 5.41) is 17.0. The first-order valence-electron chi connectivity index (χ1n) is 8.35. The van der Waals surface area contributed by atoms with Crippen molar-refractivity contribution in [2.24, 2.45) is 0 Å². The first kappa shape index (κ1) is 17.4. The highest BCUT2D eigenvalue weighted by atomic mass is 32.1. The predicted molar refractivity (Wildman–Crippen MR) is 110 cm³/mol. The number of aryl methyl sites for hydroxylation is 2. The molecule has 0 aliphatic rings. The molecule has 0 bridgehead atoms. The molecule has 0 atom stereocenters. The Balaban J connectivity index is 1.45. The lowest BCUT2D eigenvalue weighted by Crippen LogP contribution is -2.13. The highest BCUT2D eigenvalue weighted by Crippen LogP contribution is 2.30. The molecule has 27 heavy (non-hydrogen) atoms. The molecule has 0 aliphatic heterocycles. The molecule has 0 aliphatic carbocycles. The third-order valence-electron chi connectivity index (χ3n) is 4.09. The zero-order valence-electron chi connectivity index (χ0n) is 14.3. The van der Waals surface area contributed by atoms with E-state index in [1.54, 1.807) is 39.6 Å². The Morgan fingerprint density at radius 2 is 2.15 bits per heavy atom. The van der Waals surface area contributed by atoms with E-state index in [0.29, 0.717) is 17.9 Å². The summed E-state index contributed by atoms with van der Waals surface area (Å²) in [5.41, 5.74) is 9.62. The Morgan fingerprint density at radius 3 is 2.93 bits per heavy atom. The van der Waals surface area contributed by atoms with Crippen molar-refractivity contribution in [2.75, 3.05) is 11.1 Å². The first-order valence-corrected chi connectivity index (χ1v) is 10.2. The fraction of sp³-hybridized carbons (Fsp3) is 0.105. The van der Waals surface area contributed by atoms with Gasteiger partial charge in [-0.15, -0.1) is 16.4 Å². The normalized spacial score (nSPS) is 10.8. The van der Waals surface area contributed by atoms with Crippen molar-refractivity contribution >= 4 is 40.0 Å². The minimum atomic E-state index is -0.327. The Bertz CT molecular complexity index is 1040. The van der Waals surface area contributed by atoms with E-state index in [1.165, 1.54) is 5.56 Å². The van der Waals surface area contributed by atoms with Crippen LogP contribution in [0, 0.1) is 0 Å². The Morgan fingerprint density at radius 1 is 1.22 bits per heavy atom. The van der Waals surface area contributed by atoms with Crippen molar-refractivity contribution in [1.29, 1.82) is 0 Å². The summed E-state index contributed by atoms with van der Waals surface area (Å²) in [6.07, 6.45) is 2.50. The second-order valence-corrected chi connectivity index (χ2v) is 7.71. The molecular weight excluding hydrogens is 378 g/mol. The van der Waals surface area contributed by atoms with Gasteiger partial charge in [-0.1, -0.05) is 17.3 Å². The molecule has 4 rings (SSSR count). The number of nitrogen functional groups attached to an aromatic ring is 1. The van der Waals surface area contributed by atoms with E-state index in [-0.39, 0.29) is 11.6 Å². The van der Waals surface area contributed by atoms with Gasteiger partial charge in [-0.05, 0) is 58.0 Å². The van der Waals surface area contributed by atoms with Crippen molar-refractivity contribution in [3.8, 4) is 10.4 Å². The lowest BCUT2D eigenvalue weighted by atomic mass is 10.1. The second-order valence-electron chi connectivity index (χ2n) is 5.98. The van der Waals surface area contributed by atoms with Gasteiger partial charge in [-0.3, -0.25) is 9.48 Å². The lowest BCUT2D eigenvalue weighted by molar-refractivity contribution is 0.102. The van der Waals surface area contributed by atoms with Gasteiger partial charge in [0.15, 0.2) is 5.69 Å². The van der Waals surface area contributed by atoms with Crippen LogP contribution >= 0.6 is 22.7 Å². The molecule has 136 valence electrons. The monoisotopic (exact) mass is 395 g/mol. The molecule has 3 heterocycles. The van der Waals surface area contributed by atoms with E-state index in [1.807, 2.05) is 35.0 Å². The number of rotatable bonds is 6. The predicted octanol–water partition coefficient (Wildman–Crippen LogP) is 4.15. The molecule has 1 aromatic carbocycles. The Kier molecular flexibility index (Phi) is 4.99. The molecule has 0 fully saturated rings. The minimum absolute atomic E-state index is 0.265. The number of nitrogens with one attached hydrogen (secondary N) is 1. The summed E-state index contributed by atoms with van der Waals surface area (Å²) in [6.45, 7) is 0.674. The largest absolute Gasteiger partial charge is 0.397 e. The first-order chi connectivity index (χ1) is 13.2. The van der Waals surface area contributed by atoms with E-state index in [0.717, 1.165) is 16.9 Å². The zero-order chi connectivity index (χ0) is 18.6. The molecule has 1 amide bonds. The molecule has 6 nitrogen and oxygen atoms in total. The molecule has 0 radical (unpaired) electrons. The van der Waals surface area contributed by atoms with Crippen LogP contribution in [0.4, 0.5) is 11.4 Å². The number of nitrogens with zero attached hydrogens (tertiary/aromatic N) is 3. The van der Waals surface area contributed by atoms with Gasteiger partial charge < -0.3 is 11.1 Å². The molecule has 8 heteroatoms.